The van der Waals surface area contributed by atoms with E-state index in [0.29, 0.717) is 12.3 Å². The molecule has 6 nitrogen and oxygen atoms in total. The number of hydrogen-bond donors (Lipinski definition) is 3. The highest BCUT2D eigenvalue weighted by Crippen LogP contribution is 2.20. The molecule has 0 bridgehead atoms. The van der Waals surface area contributed by atoms with E-state index in [9.17, 15) is 0 Å². The summed E-state index contributed by atoms with van der Waals surface area (Å²) in [6, 6.07) is 7.28. The zero-order valence-electron chi connectivity index (χ0n) is 10.5. The smallest absolute Gasteiger partial charge is 0.223 e. The Morgan fingerprint density at radius 3 is 2.72 bits per heavy atom. The normalized spacial score (nSPS) is 11.1. The van der Waals surface area contributed by atoms with E-state index in [1.54, 1.807) is 12.1 Å². The fourth-order valence-electron chi connectivity index (χ4n) is 1.27. The molecule has 0 aliphatic carbocycles. The molecule has 1 rings (SSSR count). The third-order valence-corrected chi connectivity index (χ3v) is 2.07. The maximum Gasteiger partial charge on any atom is 0.223 e. The highest BCUT2D eigenvalue weighted by Gasteiger charge is 1.97. The largest absolute Gasteiger partial charge is 0.494 e. The van der Waals surface area contributed by atoms with Gasteiger partial charge in [0, 0.05) is 6.07 Å². The fourth-order valence-corrected chi connectivity index (χ4v) is 1.27. The van der Waals surface area contributed by atoms with Crippen molar-refractivity contribution in [1.82, 2.24) is 0 Å². The van der Waals surface area contributed by atoms with Gasteiger partial charge in [-0.2, -0.15) is 4.99 Å². The summed E-state index contributed by atoms with van der Waals surface area (Å²) in [5, 5.41) is 0. The number of guanidine groups is 2. The van der Waals surface area contributed by atoms with Crippen LogP contribution in [-0.2, 0) is 0 Å². The predicted octanol–water partition coefficient (Wildman–Crippen LogP) is 1.09. The van der Waals surface area contributed by atoms with Gasteiger partial charge in [-0.05, 0) is 18.6 Å². The Labute approximate surface area is 107 Å². The Bertz CT molecular complexity index is 438. The van der Waals surface area contributed by atoms with Gasteiger partial charge in [-0.25, -0.2) is 4.99 Å². The van der Waals surface area contributed by atoms with E-state index >= 15 is 0 Å². The first-order chi connectivity index (χ1) is 8.61. The van der Waals surface area contributed by atoms with E-state index in [0.717, 1.165) is 18.6 Å². The molecule has 0 aliphatic heterocycles. The van der Waals surface area contributed by atoms with Gasteiger partial charge < -0.3 is 21.9 Å². The minimum absolute atomic E-state index is 0.0145. The Balaban J connectivity index is 2.73. The number of rotatable bonds is 5. The highest BCUT2D eigenvalue weighted by molar-refractivity contribution is 5.93. The van der Waals surface area contributed by atoms with Crippen LogP contribution in [0, 0.1) is 0 Å². The molecular weight excluding hydrogens is 230 g/mol. The summed E-state index contributed by atoms with van der Waals surface area (Å²) < 4.78 is 5.55. The van der Waals surface area contributed by atoms with Crippen molar-refractivity contribution in [2.45, 2.75) is 19.8 Å². The SMILES string of the molecule is CCCCOc1cccc(N=C(N)N=C(N)N)c1. The lowest BCUT2D eigenvalue weighted by atomic mass is 10.3. The number of benzene rings is 1. The van der Waals surface area contributed by atoms with Crippen LogP contribution < -0.4 is 21.9 Å². The minimum atomic E-state index is -0.119. The molecule has 0 saturated heterocycles. The van der Waals surface area contributed by atoms with Crippen LogP contribution in [0.4, 0.5) is 5.69 Å². The van der Waals surface area contributed by atoms with Crippen LogP contribution in [0.15, 0.2) is 34.3 Å². The summed E-state index contributed by atoms with van der Waals surface area (Å²) >= 11 is 0. The monoisotopic (exact) mass is 249 g/mol. The van der Waals surface area contributed by atoms with Crippen molar-refractivity contribution in [1.29, 1.82) is 0 Å². The predicted molar refractivity (Wildman–Crippen MR) is 73.9 cm³/mol. The Hall–Kier alpha value is -2.24. The summed E-state index contributed by atoms with van der Waals surface area (Å²) in [7, 11) is 0. The summed E-state index contributed by atoms with van der Waals surface area (Å²) in [5.74, 6) is 0.648. The zero-order chi connectivity index (χ0) is 13.4. The van der Waals surface area contributed by atoms with Gasteiger partial charge in [0.15, 0.2) is 5.96 Å². The Kier molecular flexibility index (Phi) is 5.50. The molecule has 0 unspecified atom stereocenters. The van der Waals surface area contributed by atoms with Crippen molar-refractivity contribution in [3.8, 4) is 5.75 Å². The number of unbranched alkanes of at least 4 members (excludes halogenated alkanes) is 1. The van der Waals surface area contributed by atoms with Gasteiger partial charge >= 0.3 is 0 Å². The molecule has 0 amide bonds. The van der Waals surface area contributed by atoms with Crippen LogP contribution in [0.1, 0.15) is 19.8 Å². The quantitative estimate of drug-likeness (QED) is 0.412. The summed E-state index contributed by atoms with van der Waals surface area (Å²) in [5.41, 5.74) is 16.6. The molecule has 18 heavy (non-hydrogen) atoms. The molecule has 1 aromatic carbocycles. The van der Waals surface area contributed by atoms with E-state index in [1.807, 2.05) is 12.1 Å². The Morgan fingerprint density at radius 1 is 1.28 bits per heavy atom. The molecule has 0 radical (unpaired) electrons. The van der Waals surface area contributed by atoms with Crippen LogP contribution in [-0.4, -0.2) is 18.5 Å². The average Bonchev–Trinajstić information content (AvgIpc) is 2.28. The minimum Gasteiger partial charge on any atom is -0.494 e. The first kappa shape index (κ1) is 13.8. The fraction of sp³-hybridized carbons (Fsp3) is 0.333. The zero-order valence-corrected chi connectivity index (χ0v) is 10.5. The molecular formula is C12H19N5O. The summed E-state index contributed by atoms with van der Waals surface area (Å²) in [6.45, 7) is 2.80. The van der Waals surface area contributed by atoms with Crippen molar-refractivity contribution in [3.63, 3.8) is 0 Å². The van der Waals surface area contributed by atoms with Crippen molar-refractivity contribution in [2.24, 2.45) is 27.2 Å². The Morgan fingerprint density at radius 2 is 2.06 bits per heavy atom. The molecule has 0 aromatic heterocycles. The second kappa shape index (κ2) is 7.16. The van der Waals surface area contributed by atoms with Crippen molar-refractivity contribution >= 4 is 17.6 Å². The van der Waals surface area contributed by atoms with E-state index < -0.39 is 0 Å². The van der Waals surface area contributed by atoms with Crippen LogP contribution in [0.5, 0.6) is 5.75 Å². The van der Waals surface area contributed by atoms with Gasteiger partial charge in [-0.15, -0.1) is 0 Å². The lowest BCUT2D eigenvalue weighted by Crippen LogP contribution is -2.26. The van der Waals surface area contributed by atoms with E-state index in [-0.39, 0.29) is 11.9 Å². The molecule has 0 atom stereocenters. The summed E-state index contributed by atoms with van der Waals surface area (Å²) in [6.07, 6.45) is 2.11. The highest BCUT2D eigenvalue weighted by atomic mass is 16.5. The molecule has 0 fully saturated rings. The number of nitrogens with two attached hydrogens (primary N) is 3. The standard InChI is InChI=1S/C12H19N5O/c1-2-3-7-18-10-6-4-5-9(8-10)16-12(15)17-11(13)14/h4-6,8H,2-3,7H2,1H3,(H6,13,14,15,16,17). The third-order valence-electron chi connectivity index (χ3n) is 2.07. The second-order valence-electron chi connectivity index (χ2n) is 3.71. The van der Waals surface area contributed by atoms with Crippen LogP contribution >= 0.6 is 0 Å². The van der Waals surface area contributed by atoms with Gasteiger partial charge in [0.25, 0.3) is 0 Å². The van der Waals surface area contributed by atoms with Crippen LogP contribution in [0.3, 0.4) is 0 Å². The molecule has 6 heteroatoms. The van der Waals surface area contributed by atoms with Crippen molar-refractivity contribution in [3.05, 3.63) is 24.3 Å². The molecule has 1 aromatic rings. The van der Waals surface area contributed by atoms with E-state index in [2.05, 4.69) is 16.9 Å². The van der Waals surface area contributed by atoms with Crippen molar-refractivity contribution in [2.75, 3.05) is 6.61 Å². The average molecular weight is 249 g/mol. The topological polar surface area (TPSA) is 112 Å². The first-order valence-electron chi connectivity index (χ1n) is 5.78. The molecule has 0 heterocycles. The van der Waals surface area contributed by atoms with Gasteiger partial charge in [0.1, 0.15) is 5.75 Å². The summed E-state index contributed by atoms with van der Waals surface area (Å²) in [4.78, 5) is 7.69. The maximum atomic E-state index is 5.55. The van der Waals surface area contributed by atoms with Crippen molar-refractivity contribution < 1.29 is 4.74 Å². The first-order valence-corrected chi connectivity index (χ1v) is 5.78. The lowest BCUT2D eigenvalue weighted by Gasteiger charge is -2.05. The number of ether oxygens (including phenoxy) is 1. The molecule has 98 valence electrons. The number of nitrogens with zero attached hydrogens (tertiary/aromatic N) is 2. The lowest BCUT2D eigenvalue weighted by molar-refractivity contribution is 0.309. The van der Waals surface area contributed by atoms with Gasteiger partial charge in [0.2, 0.25) is 5.96 Å². The number of hydrogen-bond acceptors (Lipinski definition) is 2. The molecule has 0 saturated carbocycles. The molecule has 6 N–H and O–H groups in total. The van der Waals surface area contributed by atoms with Crippen LogP contribution in [0.25, 0.3) is 0 Å². The van der Waals surface area contributed by atoms with Crippen LogP contribution in [0.2, 0.25) is 0 Å². The van der Waals surface area contributed by atoms with Gasteiger partial charge in [-0.3, -0.25) is 0 Å². The third kappa shape index (κ3) is 5.20. The van der Waals surface area contributed by atoms with Gasteiger partial charge in [0.05, 0.1) is 12.3 Å². The van der Waals surface area contributed by atoms with E-state index in [4.69, 9.17) is 21.9 Å². The molecule has 0 spiro atoms. The number of aliphatic imine (C=N–C) groups is 2. The maximum absolute atomic E-state index is 5.55. The molecule has 0 aliphatic rings. The van der Waals surface area contributed by atoms with E-state index in [1.165, 1.54) is 0 Å². The van der Waals surface area contributed by atoms with Gasteiger partial charge in [-0.1, -0.05) is 19.4 Å². The second-order valence-corrected chi connectivity index (χ2v) is 3.71.